The fraction of sp³-hybridized carbons (Fsp3) is 0.684. The van der Waals surface area contributed by atoms with Crippen molar-refractivity contribution in [2.24, 2.45) is 5.92 Å². The highest BCUT2D eigenvalue weighted by molar-refractivity contribution is 7.12. The molecule has 2 aliphatic rings. The molecule has 2 amide bonds. The Bertz CT molecular complexity index is 625. The van der Waals surface area contributed by atoms with E-state index in [0.29, 0.717) is 12.5 Å². The lowest BCUT2D eigenvalue weighted by Crippen LogP contribution is -2.46. The molecule has 26 heavy (non-hydrogen) atoms. The molecule has 2 fully saturated rings. The van der Waals surface area contributed by atoms with E-state index in [2.05, 4.69) is 15.5 Å². The lowest BCUT2D eigenvalue weighted by molar-refractivity contribution is -0.123. The number of nitrogens with one attached hydrogen (secondary N) is 2. The Balaban J connectivity index is 1.53. The number of carbonyl (C=O) groups excluding carboxylic acids is 2. The molecule has 6 nitrogen and oxygen atoms in total. The van der Waals surface area contributed by atoms with Crippen molar-refractivity contribution < 1.29 is 9.59 Å². The maximum absolute atomic E-state index is 13.0. The molecular weight excluding hydrogens is 348 g/mol. The van der Waals surface area contributed by atoms with E-state index in [1.165, 1.54) is 11.3 Å². The van der Waals surface area contributed by atoms with Gasteiger partial charge in [0.2, 0.25) is 5.91 Å². The lowest BCUT2D eigenvalue weighted by atomic mass is 9.97. The van der Waals surface area contributed by atoms with E-state index in [1.807, 2.05) is 30.4 Å². The molecule has 144 valence electrons. The number of likely N-dealkylation sites (tertiary alicyclic amines) is 1. The summed E-state index contributed by atoms with van der Waals surface area (Å²) in [5, 5.41) is 8.32. The van der Waals surface area contributed by atoms with Crippen molar-refractivity contribution in [2.75, 3.05) is 40.3 Å². The largest absolute Gasteiger partial charge is 0.354 e. The van der Waals surface area contributed by atoms with Crippen LogP contribution < -0.4 is 10.6 Å². The second kappa shape index (κ2) is 8.97. The Morgan fingerprint density at radius 1 is 1.35 bits per heavy atom. The summed E-state index contributed by atoms with van der Waals surface area (Å²) >= 11 is 1.53. The summed E-state index contributed by atoms with van der Waals surface area (Å²) in [6, 6.07) is 2.02. The molecule has 3 rings (SSSR count). The van der Waals surface area contributed by atoms with Gasteiger partial charge in [-0.15, -0.1) is 11.3 Å². The summed E-state index contributed by atoms with van der Waals surface area (Å²) in [6.07, 6.45) is 4.06. The van der Waals surface area contributed by atoms with Gasteiger partial charge in [0.25, 0.3) is 5.91 Å². The number of amides is 2. The molecule has 2 atom stereocenters. The predicted octanol–water partition coefficient (Wildman–Crippen LogP) is 1.53. The van der Waals surface area contributed by atoms with E-state index in [1.54, 1.807) is 0 Å². The Morgan fingerprint density at radius 2 is 2.19 bits per heavy atom. The van der Waals surface area contributed by atoms with Crippen LogP contribution in [0.3, 0.4) is 0 Å². The first-order valence-corrected chi connectivity index (χ1v) is 10.4. The summed E-state index contributed by atoms with van der Waals surface area (Å²) in [7, 11) is 4.04. The van der Waals surface area contributed by atoms with E-state index >= 15 is 0 Å². The number of carbonyl (C=O) groups is 2. The zero-order valence-electron chi connectivity index (χ0n) is 15.8. The minimum Gasteiger partial charge on any atom is -0.354 e. The van der Waals surface area contributed by atoms with Gasteiger partial charge < -0.3 is 20.4 Å². The van der Waals surface area contributed by atoms with Crippen LogP contribution >= 0.6 is 11.3 Å². The van der Waals surface area contributed by atoms with Crippen molar-refractivity contribution in [1.29, 1.82) is 0 Å². The molecule has 0 radical (unpaired) electrons. The smallest absolute Gasteiger partial charge is 0.264 e. The van der Waals surface area contributed by atoms with Crippen LogP contribution in [0.4, 0.5) is 0 Å². The number of hydrogen-bond donors (Lipinski definition) is 2. The van der Waals surface area contributed by atoms with Gasteiger partial charge in [-0.2, -0.15) is 0 Å². The number of hydrogen-bond acceptors (Lipinski definition) is 5. The average molecular weight is 379 g/mol. The molecule has 1 aromatic rings. The van der Waals surface area contributed by atoms with Crippen LogP contribution in [0.15, 0.2) is 11.4 Å². The average Bonchev–Trinajstić information content (AvgIpc) is 3.30. The van der Waals surface area contributed by atoms with E-state index in [9.17, 15) is 9.59 Å². The second-order valence-electron chi connectivity index (χ2n) is 7.67. The van der Waals surface area contributed by atoms with Crippen LogP contribution in [-0.2, 0) is 11.3 Å². The first-order valence-electron chi connectivity index (χ1n) is 9.56. The predicted molar refractivity (Wildman–Crippen MR) is 104 cm³/mol. The molecule has 7 heteroatoms. The summed E-state index contributed by atoms with van der Waals surface area (Å²) in [5.74, 6) is 0.595. The monoisotopic (exact) mass is 378 g/mol. The third-order valence-corrected chi connectivity index (χ3v) is 6.12. The third-order valence-electron chi connectivity index (χ3n) is 5.18. The zero-order valence-corrected chi connectivity index (χ0v) is 16.6. The SMILES string of the molecule is CN(C)Cc1ccsc1C(=O)N1CCCC(CNC(=O)C2CCCN2)C1. The van der Waals surface area contributed by atoms with Crippen molar-refractivity contribution in [1.82, 2.24) is 20.4 Å². The van der Waals surface area contributed by atoms with Crippen molar-refractivity contribution in [3.8, 4) is 0 Å². The van der Waals surface area contributed by atoms with E-state index < -0.39 is 0 Å². The van der Waals surface area contributed by atoms with Gasteiger partial charge in [0.15, 0.2) is 0 Å². The van der Waals surface area contributed by atoms with Crippen LogP contribution in [0.5, 0.6) is 0 Å². The van der Waals surface area contributed by atoms with Gasteiger partial charge in [-0.25, -0.2) is 0 Å². The normalized spacial score (nSPS) is 23.4. The van der Waals surface area contributed by atoms with Gasteiger partial charge in [0.05, 0.1) is 10.9 Å². The summed E-state index contributed by atoms with van der Waals surface area (Å²) in [4.78, 5) is 30.1. The van der Waals surface area contributed by atoms with E-state index in [-0.39, 0.29) is 17.9 Å². The molecule has 0 bridgehead atoms. The highest BCUT2D eigenvalue weighted by Crippen LogP contribution is 2.24. The minimum absolute atomic E-state index is 0.0314. The lowest BCUT2D eigenvalue weighted by Gasteiger charge is -2.33. The molecule has 3 heterocycles. The fourth-order valence-corrected chi connectivity index (χ4v) is 4.71. The molecule has 2 aliphatic heterocycles. The Kier molecular flexibility index (Phi) is 6.67. The van der Waals surface area contributed by atoms with Crippen LogP contribution in [0.1, 0.15) is 40.9 Å². The maximum Gasteiger partial charge on any atom is 0.264 e. The maximum atomic E-state index is 13.0. The van der Waals surface area contributed by atoms with Gasteiger partial charge in [-0.3, -0.25) is 9.59 Å². The molecule has 0 aliphatic carbocycles. The highest BCUT2D eigenvalue weighted by Gasteiger charge is 2.28. The Labute approximate surface area is 159 Å². The third kappa shape index (κ3) is 4.84. The van der Waals surface area contributed by atoms with Gasteiger partial charge in [-0.1, -0.05) is 0 Å². The van der Waals surface area contributed by atoms with Crippen LogP contribution in [0.25, 0.3) is 0 Å². The highest BCUT2D eigenvalue weighted by atomic mass is 32.1. The molecule has 2 N–H and O–H groups in total. The van der Waals surface area contributed by atoms with Crippen molar-refractivity contribution >= 4 is 23.2 Å². The quantitative estimate of drug-likeness (QED) is 0.788. The van der Waals surface area contributed by atoms with Crippen LogP contribution in [-0.4, -0.2) is 67.9 Å². The van der Waals surface area contributed by atoms with Crippen molar-refractivity contribution in [3.63, 3.8) is 0 Å². The van der Waals surface area contributed by atoms with Crippen LogP contribution in [0.2, 0.25) is 0 Å². The molecule has 2 saturated heterocycles. The number of nitrogens with zero attached hydrogens (tertiary/aromatic N) is 2. The van der Waals surface area contributed by atoms with Crippen molar-refractivity contribution in [2.45, 2.75) is 38.3 Å². The Hall–Kier alpha value is -1.44. The molecule has 0 saturated carbocycles. The number of thiophene rings is 1. The summed E-state index contributed by atoms with van der Waals surface area (Å²) in [6.45, 7) is 3.92. The molecule has 2 unspecified atom stereocenters. The Morgan fingerprint density at radius 3 is 2.92 bits per heavy atom. The molecule has 0 aromatic carbocycles. The molecule has 1 aromatic heterocycles. The number of rotatable bonds is 6. The first-order chi connectivity index (χ1) is 12.5. The molecule has 0 spiro atoms. The van der Waals surface area contributed by atoms with E-state index in [4.69, 9.17) is 0 Å². The summed E-state index contributed by atoms with van der Waals surface area (Å²) < 4.78 is 0. The second-order valence-corrected chi connectivity index (χ2v) is 8.58. The van der Waals surface area contributed by atoms with Crippen LogP contribution in [0, 0.1) is 5.92 Å². The van der Waals surface area contributed by atoms with E-state index in [0.717, 1.165) is 62.3 Å². The van der Waals surface area contributed by atoms with Gasteiger partial charge >= 0.3 is 0 Å². The molecular formula is C19H30N4O2S. The van der Waals surface area contributed by atoms with Gasteiger partial charge in [0, 0.05) is 26.2 Å². The summed E-state index contributed by atoms with van der Waals surface area (Å²) in [5.41, 5.74) is 1.10. The van der Waals surface area contributed by atoms with Gasteiger partial charge in [0.1, 0.15) is 0 Å². The zero-order chi connectivity index (χ0) is 18.5. The number of piperidine rings is 1. The minimum atomic E-state index is -0.0314. The van der Waals surface area contributed by atoms with Gasteiger partial charge in [-0.05, 0) is 69.3 Å². The fourth-order valence-electron chi connectivity index (χ4n) is 3.82. The standard InChI is InChI=1S/C19H30N4O2S/c1-22(2)13-15-7-10-26-17(15)19(25)23-9-4-5-14(12-23)11-21-18(24)16-6-3-8-20-16/h7,10,14,16,20H,3-6,8-9,11-13H2,1-2H3,(H,21,24). The first kappa shape index (κ1) is 19.3. The van der Waals surface area contributed by atoms with Crippen molar-refractivity contribution in [3.05, 3.63) is 21.9 Å². The topological polar surface area (TPSA) is 64.7 Å².